The molecular weight excluding hydrogens is 487 g/mol. The molecule has 1 unspecified atom stereocenters. The number of phenolic OH excluding ortho intramolecular Hbond substituents is 1. The molecule has 0 saturated carbocycles. The molecule has 0 radical (unpaired) electrons. The number of ketones is 1. The number of ether oxygens (including phenoxy) is 2. The van der Waals surface area contributed by atoms with Crippen molar-refractivity contribution in [1.82, 2.24) is 4.98 Å². The maximum absolute atomic E-state index is 13.8. The molecule has 182 valence electrons. The van der Waals surface area contributed by atoms with Crippen molar-refractivity contribution in [2.45, 2.75) is 6.04 Å². The van der Waals surface area contributed by atoms with Crippen LogP contribution in [0.2, 0.25) is 0 Å². The van der Waals surface area contributed by atoms with Crippen LogP contribution in [0.25, 0.3) is 16.0 Å². The molecule has 3 aromatic carbocycles. The number of aromatic nitrogens is 1. The van der Waals surface area contributed by atoms with Crippen molar-refractivity contribution < 1.29 is 33.7 Å². The molecule has 1 saturated heterocycles. The number of anilines is 1. The molecule has 1 fully saturated rings. The zero-order chi connectivity index (χ0) is 25.6. The van der Waals surface area contributed by atoms with Crippen molar-refractivity contribution in [3.8, 4) is 17.2 Å². The van der Waals surface area contributed by atoms with Gasteiger partial charge in [0.1, 0.15) is 17.3 Å². The highest BCUT2D eigenvalue weighted by atomic mass is 32.1. The zero-order valence-electron chi connectivity index (χ0n) is 19.1. The fourth-order valence-corrected chi connectivity index (χ4v) is 5.14. The molecule has 1 aliphatic rings. The number of hydrogen-bond acceptors (Lipinski definition) is 8. The molecule has 0 spiro atoms. The topological polar surface area (TPSA) is 109 Å². The number of fused-ring (bicyclic) bond motifs is 1. The Bertz CT molecular complexity index is 1560. The lowest BCUT2D eigenvalue weighted by Crippen LogP contribution is -2.29. The number of amides is 1. The first-order chi connectivity index (χ1) is 17.3. The fourth-order valence-electron chi connectivity index (χ4n) is 4.12. The molecule has 0 bridgehead atoms. The van der Waals surface area contributed by atoms with E-state index in [9.17, 15) is 24.2 Å². The number of methoxy groups -OCH3 is 2. The normalized spacial score (nSPS) is 17.1. The van der Waals surface area contributed by atoms with Crippen molar-refractivity contribution in [2.75, 3.05) is 19.1 Å². The predicted molar refractivity (Wildman–Crippen MR) is 132 cm³/mol. The maximum Gasteiger partial charge on any atom is 0.301 e. The SMILES string of the molecule is COc1cccc(C(O)=C2C(=O)C(=O)N(c3nc4ccc(F)cc4s3)C2c2ccc(O)c(OC)c2)c1. The molecule has 8 nitrogen and oxygen atoms in total. The number of phenols is 1. The van der Waals surface area contributed by atoms with Gasteiger partial charge in [-0.2, -0.15) is 0 Å². The third-order valence-electron chi connectivity index (χ3n) is 5.85. The number of benzene rings is 3. The van der Waals surface area contributed by atoms with Crippen LogP contribution < -0.4 is 14.4 Å². The van der Waals surface area contributed by atoms with E-state index in [0.29, 0.717) is 21.5 Å². The molecule has 4 aromatic rings. The summed E-state index contributed by atoms with van der Waals surface area (Å²) in [7, 11) is 2.84. The van der Waals surface area contributed by atoms with Gasteiger partial charge in [-0.1, -0.05) is 29.5 Å². The molecule has 5 rings (SSSR count). The smallest absolute Gasteiger partial charge is 0.301 e. The van der Waals surface area contributed by atoms with Crippen LogP contribution >= 0.6 is 11.3 Å². The second-order valence-corrected chi connectivity index (χ2v) is 8.95. The average Bonchev–Trinajstić information content (AvgIpc) is 3.41. The second-order valence-electron chi connectivity index (χ2n) is 7.94. The third kappa shape index (κ3) is 3.81. The third-order valence-corrected chi connectivity index (χ3v) is 6.87. The lowest BCUT2D eigenvalue weighted by molar-refractivity contribution is -0.132. The average molecular weight is 507 g/mol. The van der Waals surface area contributed by atoms with E-state index in [4.69, 9.17) is 9.47 Å². The zero-order valence-corrected chi connectivity index (χ0v) is 19.9. The van der Waals surface area contributed by atoms with Gasteiger partial charge in [0.2, 0.25) is 0 Å². The number of hydrogen-bond donors (Lipinski definition) is 2. The Labute approximate surface area is 208 Å². The Morgan fingerprint density at radius 3 is 2.61 bits per heavy atom. The molecule has 1 aromatic heterocycles. The van der Waals surface area contributed by atoms with Crippen molar-refractivity contribution in [3.05, 3.63) is 83.2 Å². The van der Waals surface area contributed by atoms with Gasteiger partial charge in [0, 0.05) is 5.56 Å². The lowest BCUT2D eigenvalue weighted by atomic mass is 9.95. The minimum Gasteiger partial charge on any atom is -0.507 e. The summed E-state index contributed by atoms with van der Waals surface area (Å²) in [6.07, 6.45) is 0. The predicted octanol–water partition coefficient (Wildman–Crippen LogP) is 4.78. The van der Waals surface area contributed by atoms with E-state index in [1.807, 2.05) is 0 Å². The fraction of sp³-hybridized carbons (Fsp3) is 0.115. The molecule has 36 heavy (non-hydrogen) atoms. The summed E-state index contributed by atoms with van der Waals surface area (Å²) < 4.78 is 24.7. The first-order valence-corrected chi connectivity index (χ1v) is 11.5. The summed E-state index contributed by atoms with van der Waals surface area (Å²) in [6.45, 7) is 0. The summed E-state index contributed by atoms with van der Waals surface area (Å²) in [5, 5.41) is 21.5. The Hall–Kier alpha value is -4.44. The molecule has 2 N–H and O–H groups in total. The van der Waals surface area contributed by atoms with Crippen LogP contribution in [0.4, 0.5) is 9.52 Å². The number of rotatable bonds is 5. The first kappa shape index (κ1) is 23.3. The molecule has 2 heterocycles. The highest BCUT2D eigenvalue weighted by molar-refractivity contribution is 7.22. The summed E-state index contributed by atoms with van der Waals surface area (Å²) in [5.74, 6) is -2.26. The number of halogens is 1. The first-order valence-electron chi connectivity index (χ1n) is 10.7. The van der Waals surface area contributed by atoms with Crippen LogP contribution in [0.3, 0.4) is 0 Å². The van der Waals surface area contributed by atoms with Crippen LogP contribution in [-0.2, 0) is 9.59 Å². The van der Waals surface area contributed by atoms with Crippen LogP contribution in [0, 0.1) is 5.82 Å². The van der Waals surface area contributed by atoms with Gasteiger partial charge in [0.25, 0.3) is 5.78 Å². The summed E-state index contributed by atoms with van der Waals surface area (Å²) >= 11 is 1.04. The minimum atomic E-state index is -1.10. The van der Waals surface area contributed by atoms with Crippen LogP contribution in [-0.4, -0.2) is 41.1 Å². The van der Waals surface area contributed by atoms with Crippen LogP contribution in [0.15, 0.2) is 66.2 Å². The number of thiazole rings is 1. The number of aliphatic hydroxyl groups excluding tert-OH is 1. The molecule has 1 amide bonds. The van der Waals surface area contributed by atoms with E-state index in [0.717, 1.165) is 11.3 Å². The van der Waals surface area contributed by atoms with Crippen molar-refractivity contribution >= 4 is 44.1 Å². The van der Waals surface area contributed by atoms with Crippen LogP contribution in [0.1, 0.15) is 17.2 Å². The van der Waals surface area contributed by atoms with Crippen molar-refractivity contribution in [1.29, 1.82) is 0 Å². The van der Waals surface area contributed by atoms with Gasteiger partial charge < -0.3 is 19.7 Å². The highest BCUT2D eigenvalue weighted by Gasteiger charge is 2.48. The van der Waals surface area contributed by atoms with E-state index in [-0.39, 0.29) is 27.8 Å². The van der Waals surface area contributed by atoms with E-state index >= 15 is 0 Å². The Kier molecular flexibility index (Phi) is 5.81. The lowest BCUT2D eigenvalue weighted by Gasteiger charge is -2.23. The largest absolute Gasteiger partial charge is 0.507 e. The van der Waals surface area contributed by atoms with E-state index in [2.05, 4.69) is 4.98 Å². The number of aromatic hydroxyl groups is 1. The Balaban J connectivity index is 1.75. The summed E-state index contributed by atoms with van der Waals surface area (Å²) in [6, 6.07) is 13.7. The van der Waals surface area contributed by atoms with Gasteiger partial charge in [-0.3, -0.25) is 14.5 Å². The summed E-state index contributed by atoms with van der Waals surface area (Å²) in [5.41, 5.74) is 0.938. The number of carbonyl (C=O) groups excluding carboxylic acids is 2. The van der Waals surface area contributed by atoms with E-state index in [1.165, 1.54) is 61.6 Å². The van der Waals surface area contributed by atoms with Gasteiger partial charge in [0.15, 0.2) is 16.6 Å². The second kappa shape index (κ2) is 8.97. The van der Waals surface area contributed by atoms with Gasteiger partial charge in [-0.25, -0.2) is 9.37 Å². The van der Waals surface area contributed by atoms with Crippen molar-refractivity contribution in [3.63, 3.8) is 0 Å². The Morgan fingerprint density at radius 1 is 1.06 bits per heavy atom. The van der Waals surface area contributed by atoms with Gasteiger partial charge in [0.05, 0.1) is 36.1 Å². The Morgan fingerprint density at radius 2 is 1.86 bits per heavy atom. The van der Waals surface area contributed by atoms with E-state index in [1.54, 1.807) is 18.2 Å². The molecular formula is C26H19FN2O6S. The highest BCUT2D eigenvalue weighted by Crippen LogP contribution is 2.45. The van der Waals surface area contributed by atoms with Crippen LogP contribution in [0.5, 0.6) is 17.2 Å². The number of carbonyl (C=O) groups is 2. The standard InChI is InChI=1S/C26H19FN2O6S/c1-34-16-5-3-4-14(10-16)23(31)21-22(13-6-9-18(30)19(11-13)35-2)29(25(33)24(21)32)26-28-17-8-7-15(27)12-20(17)36-26/h3-12,22,30-31H,1-2H3. The molecule has 10 heteroatoms. The van der Waals surface area contributed by atoms with E-state index < -0.39 is 29.3 Å². The van der Waals surface area contributed by atoms with Gasteiger partial charge in [-0.05, 0) is 48.0 Å². The number of aliphatic hydroxyl groups is 1. The van der Waals surface area contributed by atoms with Gasteiger partial charge >= 0.3 is 5.91 Å². The van der Waals surface area contributed by atoms with Crippen molar-refractivity contribution in [2.24, 2.45) is 0 Å². The molecule has 1 atom stereocenters. The maximum atomic E-state index is 13.8. The minimum absolute atomic E-state index is 0.117. The number of Topliss-reactive ketones (excluding diaryl/α,β-unsaturated/α-hetero) is 1. The quantitative estimate of drug-likeness (QED) is 0.228. The number of nitrogens with zero attached hydrogens (tertiary/aromatic N) is 2. The summed E-state index contributed by atoms with van der Waals surface area (Å²) in [4.78, 5) is 32.3. The monoisotopic (exact) mass is 506 g/mol. The van der Waals surface area contributed by atoms with Gasteiger partial charge in [-0.15, -0.1) is 0 Å². The molecule has 1 aliphatic heterocycles. The molecule has 0 aliphatic carbocycles.